The second-order valence-corrected chi connectivity index (χ2v) is 3.61. The number of esters is 1. The van der Waals surface area contributed by atoms with Crippen molar-refractivity contribution in [3.05, 3.63) is 0 Å². The van der Waals surface area contributed by atoms with E-state index >= 15 is 0 Å². The zero-order valence-electron chi connectivity index (χ0n) is 8.91. The van der Waals surface area contributed by atoms with Crippen LogP contribution in [0, 0.1) is 0 Å². The molecule has 1 aliphatic carbocycles. The van der Waals surface area contributed by atoms with Gasteiger partial charge in [0.15, 0.2) is 0 Å². The molecule has 6 heteroatoms. The monoisotopic (exact) mass is 236 g/mol. The maximum absolute atomic E-state index is 11.5. The molecule has 1 rings (SSSR count). The van der Waals surface area contributed by atoms with E-state index in [-0.39, 0.29) is 18.3 Å². The zero-order chi connectivity index (χ0) is 10.8. The van der Waals surface area contributed by atoms with E-state index in [1.165, 1.54) is 7.11 Å². The first-order valence-electron chi connectivity index (χ1n) is 4.71. The van der Waals surface area contributed by atoms with Gasteiger partial charge in [-0.2, -0.15) is 0 Å². The quantitative estimate of drug-likeness (QED) is 0.672. The van der Waals surface area contributed by atoms with Gasteiger partial charge >= 0.3 is 5.97 Å². The lowest BCUT2D eigenvalue weighted by atomic mass is 10.2. The topological polar surface area (TPSA) is 81.4 Å². The largest absolute Gasteiger partial charge is 0.467 e. The van der Waals surface area contributed by atoms with Crippen LogP contribution in [0.5, 0.6) is 0 Å². The molecule has 0 aromatic heterocycles. The molecule has 1 fully saturated rings. The number of hydrogen-bond donors (Lipinski definition) is 2. The Balaban J connectivity index is 0.00000196. The molecule has 1 saturated carbocycles. The lowest BCUT2D eigenvalue weighted by Crippen LogP contribution is -2.49. The van der Waals surface area contributed by atoms with Crippen molar-refractivity contribution < 1.29 is 14.3 Å². The van der Waals surface area contributed by atoms with Gasteiger partial charge in [-0.15, -0.1) is 12.4 Å². The molecule has 0 aromatic carbocycles. The highest BCUT2D eigenvalue weighted by Crippen LogP contribution is 2.32. The van der Waals surface area contributed by atoms with Crippen molar-refractivity contribution >= 4 is 24.3 Å². The van der Waals surface area contributed by atoms with Crippen LogP contribution in [-0.4, -0.2) is 30.6 Å². The maximum atomic E-state index is 11.5. The van der Waals surface area contributed by atoms with Crippen molar-refractivity contribution in [2.75, 3.05) is 7.11 Å². The van der Waals surface area contributed by atoms with E-state index in [0.717, 1.165) is 0 Å². The van der Waals surface area contributed by atoms with Crippen LogP contribution >= 0.6 is 12.4 Å². The van der Waals surface area contributed by atoms with E-state index in [9.17, 15) is 9.59 Å². The van der Waals surface area contributed by atoms with Crippen molar-refractivity contribution in [2.24, 2.45) is 5.73 Å². The fourth-order valence-corrected chi connectivity index (χ4v) is 1.13. The van der Waals surface area contributed by atoms with Crippen molar-refractivity contribution in [3.63, 3.8) is 0 Å². The van der Waals surface area contributed by atoms with Crippen LogP contribution in [0.2, 0.25) is 0 Å². The number of halogens is 1. The summed E-state index contributed by atoms with van der Waals surface area (Å²) in [5.41, 5.74) is 4.94. The number of nitrogens with two attached hydrogens (primary N) is 1. The molecule has 1 aliphatic rings. The summed E-state index contributed by atoms with van der Waals surface area (Å²) in [4.78, 5) is 22.6. The highest BCUT2D eigenvalue weighted by molar-refractivity contribution is 5.92. The second-order valence-electron chi connectivity index (χ2n) is 3.61. The summed E-state index contributed by atoms with van der Waals surface area (Å²) in [5, 5.41) is 2.58. The van der Waals surface area contributed by atoms with Gasteiger partial charge in [0, 0.05) is 0 Å². The predicted molar refractivity (Wildman–Crippen MR) is 57.6 cm³/mol. The minimum absolute atomic E-state index is 0. The van der Waals surface area contributed by atoms with Gasteiger partial charge in [-0.05, 0) is 19.3 Å². The van der Waals surface area contributed by atoms with Crippen molar-refractivity contribution in [1.29, 1.82) is 0 Å². The van der Waals surface area contributed by atoms with Crippen molar-refractivity contribution in [2.45, 2.75) is 37.8 Å². The number of carbonyl (C=O) groups is 2. The number of methoxy groups -OCH3 is 1. The highest BCUT2D eigenvalue weighted by atomic mass is 35.5. The number of nitrogens with one attached hydrogen (secondary N) is 1. The molecule has 1 amide bonds. The van der Waals surface area contributed by atoms with Crippen molar-refractivity contribution in [3.8, 4) is 0 Å². The number of carbonyl (C=O) groups excluding carboxylic acids is 2. The average Bonchev–Trinajstić information content (AvgIpc) is 2.92. The van der Waals surface area contributed by atoms with Gasteiger partial charge in [0.2, 0.25) is 5.91 Å². The molecule has 0 bridgehead atoms. The lowest BCUT2D eigenvalue weighted by molar-refractivity contribution is -0.145. The fraction of sp³-hybridized carbons (Fsp3) is 0.778. The zero-order valence-corrected chi connectivity index (χ0v) is 9.73. The van der Waals surface area contributed by atoms with Crippen LogP contribution in [0.25, 0.3) is 0 Å². The van der Waals surface area contributed by atoms with Gasteiger partial charge in [-0.3, -0.25) is 4.79 Å². The summed E-state index contributed by atoms with van der Waals surface area (Å²) < 4.78 is 4.54. The van der Waals surface area contributed by atoms with Gasteiger partial charge in [0.05, 0.1) is 12.6 Å². The van der Waals surface area contributed by atoms with E-state index in [4.69, 9.17) is 5.73 Å². The molecule has 0 aliphatic heterocycles. The molecule has 1 unspecified atom stereocenters. The first-order chi connectivity index (χ1) is 6.53. The van der Waals surface area contributed by atoms with Crippen molar-refractivity contribution in [1.82, 2.24) is 5.32 Å². The maximum Gasteiger partial charge on any atom is 0.328 e. The second kappa shape index (κ2) is 5.32. The van der Waals surface area contributed by atoms with Gasteiger partial charge in [0.25, 0.3) is 0 Å². The molecule has 1 atom stereocenters. The standard InChI is InChI=1S/C9H16N2O3.ClH/c1-3-6(7(12)14-2)11-8(13)9(10)4-5-9;/h6H,3-5,10H2,1-2H3,(H,11,13);1H. The molecule has 88 valence electrons. The molecule has 5 nitrogen and oxygen atoms in total. The Morgan fingerprint density at radius 2 is 2.07 bits per heavy atom. The summed E-state index contributed by atoms with van der Waals surface area (Å²) in [7, 11) is 1.30. The van der Waals surface area contributed by atoms with Gasteiger partial charge in [-0.25, -0.2) is 4.79 Å². The van der Waals surface area contributed by atoms with E-state index in [0.29, 0.717) is 19.3 Å². The molecular formula is C9H17ClN2O3. The van der Waals surface area contributed by atoms with Crippen LogP contribution in [0.15, 0.2) is 0 Å². The Morgan fingerprint density at radius 1 is 1.53 bits per heavy atom. The van der Waals surface area contributed by atoms with Crippen LogP contribution in [0.4, 0.5) is 0 Å². The average molecular weight is 237 g/mol. The van der Waals surface area contributed by atoms with Gasteiger partial charge < -0.3 is 15.8 Å². The smallest absolute Gasteiger partial charge is 0.328 e. The lowest BCUT2D eigenvalue weighted by Gasteiger charge is -2.16. The molecule has 0 spiro atoms. The van der Waals surface area contributed by atoms with Gasteiger partial charge in [0.1, 0.15) is 6.04 Å². The molecule has 15 heavy (non-hydrogen) atoms. The first-order valence-corrected chi connectivity index (χ1v) is 4.71. The Kier molecular flexibility index (Phi) is 5.03. The molecular weight excluding hydrogens is 220 g/mol. The summed E-state index contributed by atoms with van der Waals surface area (Å²) in [5.74, 6) is -0.681. The molecule has 0 aromatic rings. The Hall–Kier alpha value is -0.810. The van der Waals surface area contributed by atoms with Crippen LogP contribution < -0.4 is 11.1 Å². The third-order valence-electron chi connectivity index (χ3n) is 2.44. The Bertz CT molecular complexity index is 254. The fourth-order valence-electron chi connectivity index (χ4n) is 1.13. The number of amides is 1. The predicted octanol–water partition coefficient (Wildman–Crippen LogP) is -0.0327. The van der Waals surface area contributed by atoms with Gasteiger partial charge in [-0.1, -0.05) is 6.92 Å². The number of hydrogen-bond acceptors (Lipinski definition) is 4. The molecule has 0 saturated heterocycles. The van der Waals surface area contributed by atoms with Crippen LogP contribution in [0.3, 0.4) is 0 Å². The third-order valence-corrected chi connectivity index (χ3v) is 2.44. The highest BCUT2D eigenvalue weighted by Gasteiger charge is 2.46. The summed E-state index contributed by atoms with van der Waals surface area (Å²) in [6.45, 7) is 1.80. The normalized spacial score (nSPS) is 18.3. The third kappa shape index (κ3) is 3.35. The van der Waals surface area contributed by atoms with E-state index in [1.807, 2.05) is 0 Å². The Morgan fingerprint density at radius 3 is 2.40 bits per heavy atom. The molecule has 0 radical (unpaired) electrons. The SMILES string of the molecule is CCC(NC(=O)C1(N)CC1)C(=O)OC.Cl. The van der Waals surface area contributed by atoms with E-state index < -0.39 is 17.6 Å². The van der Waals surface area contributed by atoms with Crippen LogP contribution in [-0.2, 0) is 14.3 Å². The van der Waals surface area contributed by atoms with E-state index in [1.54, 1.807) is 6.92 Å². The number of rotatable bonds is 4. The minimum atomic E-state index is -0.735. The summed E-state index contributed by atoms with van der Waals surface area (Å²) in [6.07, 6.45) is 1.89. The molecule has 0 heterocycles. The van der Waals surface area contributed by atoms with E-state index in [2.05, 4.69) is 10.1 Å². The Labute approximate surface area is 95.1 Å². The molecule has 3 N–H and O–H groups in total. The van der Waals surface area contributed by atoms with Crippen LogP contribution in [0.1, 0.15) is 26.2 Å². The minimum Gasteiger partial charge on any atom is -0.467 e. The first kappa shape index (κ1) is 14.2. The summed E-state index contributed by atoms with van der Waals surface area (Å²) >= 11 is 0. The number of ether oxygens (including phenoxy) is 1. The summed E-state index contributed by atoms with van der Waals surface area (Å²) in [6, 6.07) is -0.575.